The number of hydrogen-bond acceptors (Lipinski definition) is 6. The molecule has 0 aliphatic carbocycles. The van der Waals surface area contributed by atoms with E-state index in [4.69, 9.17) is 14.2 Å². The van der Waals surface area contributed by atoms with Crippen LogP contribution in [0.15, 0.2) is 18.2 Å². The Balaban J connectivity index is 2.68. The van der Waals surface area contributed by atoms with E-state index in [1.165, 1.54) is 88.8 Å². The molecular formula is C35H58O6. The summed E-state index contributed by atoms with van der Waals surface area (Å²) in [6, 6.07) is 4.43. The van der Waals surface area contributed by atoms with Gasteiger partial charge in [0.25, 0.3) is 0 Å². The quantitative estimate of drug-likeness (QED) is 0.0622. The van der Waals surface area contributed by atoms with Crippen LogP contribution in [-0.4, -0.2) is 37.7 Å². The molecule has 0 bridgehead atoms. The highest BCUT2D eigenvalue weighted by molar-refractivity contribution is 6.05. The van der Waals surface area contributed by atoms with E-state index in [0.717, 1.165) is 57.8 Å². The third-order valence-electron chi connectivity index (χ3n) is 7.39. The number of hydrogen-bond donors (Lipinski definition) is 0. The molecule has 0 spiro atoms. The number of rotatable bonds is 26. The van der Waals surface area contributed by atoms with E-state index in [-0.39, 0.29) is 23.3 Å². The van der Waals surface area contributed by atoms with Crippen molar-refractivity contribution in [1.29, 1.82) is 0 Å². The van der Waals surface area contributed by atoms with Crippen molar-refractivity contribution >= 4 is 17.9 Å². The Labute approximate surface area is 250 Å². The molecule has 0 aliphatic heterocycles. The summed E-state index contributed by atoms with van der Waals surface area (Å²) in [6.07, 6.45) is 22.3. The predicted octanol–water partition coefficient (Wildman–Crippen LogP) is 10.0. The van der Waals surface area contributed by atoms with Gasteiger partial charge in [0, 0.05) is 0 Å². The van der Waals surface area contributed by atoms with E-state index < -0.39 is 17.9 Å². The van der Waals surface area contributed by atoms with E-state index in [0.29, 0.717) is 13.2 Å². The zero-order chi connectivity index (χ0) is 30.0. The molecule has 0 aliphatic rings. The van der Waals surface area contributed by atoms with Crippen LogP contribution in [0.1, 0.15) is 180 Å². The van der Waals surface area contributed by atoms with Gasteiger partial charge < -0.3 is 14.2 Å². The lowest BCUT2D eigenvalue weighted by molar-refractivity contribution is 0.0448. The largest absolute Gasteiger partial charge is 0.462 e. The van der Waals surface area contributed by atoms with E-state index in [9.17, 15) is 14.4 Å². The molecule has 41 heavy (non-hydrogen) atoms. The first-order chi connectivity index (χ1) is 20.0. The Morgan fingerprint density at radius 1 is 0.439 bits per heavy atom. The fourth-order valence-corrected chi connectivity index (χ4v) is 4.75. The lowest BCUT2D eigenvalue weighted by Crippen LogP contribution is -2.17. The minimum Gasteiger partial charge on any atom is -0.462 e. The maximum atomic E-state index is 13.0. The van der Waals surface area contributed by atoms with Gasteiger partial charge >= 0.3 is 17.9 Å². The number of esters is 3. The second kappa shape index (κ2) is 25.3. The molecule has 0 saturated heterocycles. The Bertz CT molecular complexity index is 834. The molecule has 1 aromatic rings. The molecule has 0 amide bonds. The monoisotopic (exact) mass is 574 g/mol. The van der Waals surface area contributed by atoms with Crippen molar-refractivity contribution in [3.8, 4) is 0 Å². The van der Waals surface area contributed by atoms with Crippen molar-refractivity contribution in [1.82, 2.24) is 0 Å². The third-order valence-corrected chi connectivity index (χ3v) is 7.39. The molecule has 0 aromatic heterocycles. The molecule has 0 radical (unpaired) electrons. The van der Waals surface area contributed by atoms with Crippen LogP contribution < -0.4 is 0 Å². The van der Waals surface area contributed by atoms with Gasteiger partial charge in [0.15, 0.2) is 0 Å². The number of carbonyl (C=O) groups is 3. The normalized spacial score (nSPS) is 10.9. The number of benzene rings is 1. The molecule has 6 heteroatoms. The van der Waals surface area contributed by atoms with Crippen LogP contribution in [0, 0.1) is 0 Å². The molecule has 0 saturated carbocycles. The van der Waals surface area contributed by atoms with Gasteiger partial charge in [-0.1, -0.05) is 130 Å². The van der Waals surface area contributed by atoms with Gasteiger partial charge in [-0.2, -0.15) is 0 Å². The minimum absolute atomic E-state index is 0.0610. The van der Waals surface area contributed by atoms with Crippen molar-refractivity contribution in [2.75, 3.05) is 19.8 Å². The first-order valence-corrected chi connectivity index (χ1v) is 16.7. The molecule has 0 N–H and O–H groups in total. The Hall–Kier alpha value is -2.37. The summed E-state index contributed by atoms with van der Waals surface area (Å²) < 4.78 is 16.4. The molecule has 1 rings (SSSR count). The Kier molecular flexibility index (Phi) is 22.7. The van der Waals surface area contributed by atoms with Gasteiger partial charge in [-0.15, -0.1) is 0 Å². The van der Waals surface area contributed by atoms with E-state index >= 15 is 0 Å². The highest BCUT2D eigenvalue weighted by atomic mass is 16.5. The Morgan fingerprint density at radius 3 is 1.20 bits per heavy atom. The summed E-state index contributed by atoms with van der Waals surface area (Å²) in [6.45, 7) is 7.50. The maximum Gasteiger partial charge on any atom is 0.339 e. The molecule has 0 unspecified atom stereocenters. The van der Waals surface area contributed by atoms with E-state index in [1.54, 1.807) is 0 Å². The van der Waals surface area contributed by atoms with E-state index in [2.05, 4.69) is 20.8 Å². The smallest absolute Gasteiger partial charge is 0.339 e. The lowest BCUT2D eigenvalue weighted by atomic mass is 10.0. The molecular weight excluding hydrogens is 516 g/mol. The maximum absolute atomic E-state index is 13.0. The van der Waals surface area contributed by atoms with Gasteiger partial charge in [-0.05, 0) is 37.5 Å². The van der Waals surface area contributed by atoms with E-state index in [1.807, 2.05) is 0 Å². The summed E-state index contributed by atoms with van der Waals surface area (Å²) in [5.41, 5.74) is 0.429. The number of unbranched alkanes of at least 4 members (excludes halogenated alkanes) is 17. The van der Waals surface area contributed by atoms with Crippen molar-refractivity contribution in [3.63, 3.8) is 0 Å². The van der Waals surface area contributed by atoms with Gasteiger partial charge in [0.05, 0.1) is 36.5 Å². The predicted molar refractivity (Wildman–Crippen MR) is 167 cm³/mol. The molecule has 234 valence electrons. The topological polar surface area (TPSA) is 78.9 Å². The highest BCUT2D eigenvalue weighted by Gasteiger charge is 2.22. The molecule has 6 nitrogen and oxygen atoms in total. The van der Waals surface area contributed by atoms with Crippen LogP contribution in [0.4, 0.5) is 0 Å². The molecule has 0 atom stereocenters. The van der Waals surface area contributed by atoms with Gasteiger partial charge in [0.2, 0.25) is 0 Å². The highest BCUT2D eigenvalue weighted by Crippen LogP contribution is 2.18. The van der Waals surface area contributed by atoms with Crippen molar-refractivity contribution in [2.24, 2.45) is 0 Å². The van der Waals surface area contributed by atoms with Crippen LogP contribution in [0.3, 0.4) is 0 Å². The zero-order valence-electron chi connectivity index (χ0n) is 26.4. The summed E-state index contributed by atoms with van der Waals surface area (Å²) in [5, 5.41) is 0. The van der Waals surface area contributed by atoms with Crippen LogP contribution in [-0.2, 0) is 14.2 Å². The molecule has 0 fully saturated rings. The van der Waals surface area contributed by atoms with Crippen molar-refractivity contribution < 1.29 is 28.6 Å². The van der Waals surface area contributed by atoms with Crippen LogP contribution >= 0.6 is 0 Å². The lowest BCUT2D eigenvalue weighted by Gasteiger charge is -2.12. The SMILES string of the molecule is CCCCCCCCCCOC(=O)c1ccc(C(=O)OCCCCCCCC)cc1C(=O)OCCCCCCCC. The fourth-order valence-electron chi connectivity index (χ4n) is 4.75. The van der Waals surface area contributed by atoms with Crippen LogP contribution in [0.2, 0.25) is 0 Å². The first kappa shape index (κ1) is 36.7. The van der Waals surface area contributed by atoms with Gasteiger partial charge in [-0.3, -0.25) is 0 Å². The summed E-state index contributed by atoms with van der Waals surface area (Å²) in [4.78, 5) is 38.6. The molecule has 0 heterocycles. The molecule has 1 aromatic carbocycles. The second-order valence-electron chi connectivity index (χ2n) is 11.2. The average Bonchev–Trinajstić information content (AvgIpc) is 2.98. The third kappa shape index (κ3) is 17.9. The standard InChI is InChI=1S/C35H58O6/c1-4-7-10-13-16-17-20-23-27-40-34(37)31-25-24-30(33(36)39-26-21-18-14-11-8-5-2)29-32(31)35(38)41-28-22-19-15-12-9-6-3/h24-25,29H,4-23,26-28H2,1-3H3. The zero-order valence-corrected chi connectivity index (χ0v) is 26.4. The minimum atomic E-state index is -0.608. The first-order valence-electron chi connectivity index (χ1n) is 16.7. The van der Waals surface area contributed by atoms with Crippen molar-refractivity contribution in [2.45, 2.75) is 149 Å². The Morgan fingerprint density at radius 2 is 0.780 bits per heavy atom. The van der Waals surface area contributed by atoms with Gasteiger partial charge in [0.1, 0.15) is 0 Å². The second-order valence-corrected chi connectivity index (χ2v) is 11.2. The average molecular weight is 575 g/mol. The number of ether oxygens (including phenoxy) is 3. The summed E-state index contributed by atoms with van der Waals surface area (Å²) >= 11 is 0. The van der Waals surface area contributed by atoms with Crippen molar-refractivity contribution in [3.05, 3.63) is 34.9 Å². The summed E-state index contributed by atoms with van der Waals surface area (Å²) in [5.74, 6) is -1.67. The van der Waals surface area contributed by atoms with Crippen LogP contribution in [0.5, 0.6) is 0 Å². The summed E-state index contributed by atoms with van der Waals surface area (Å²) in [7, 11) is 0. The van der Waals surface area contributed by atoms with Crippen LogP contribution in [0.25, 0.3) is 0 Å². The fraction of sp³-hybridized carbons (Fsp3) is 0.743. The number of carbonyl (C=O) groups excluding carboxylic acids is 3. The van der Waals surface area contributed by atoms with Gasteiger partial charge in [-0.25, -0.2) is 14.4 Å².